The first-order valence-electron chi connectivity index (χ1n) is 25.9. The van der Waals surface area contributed by atoms with E-state index < -0.39 is 49.5 Å². The van der Waals surface area contributed by atoms with E-state index in [-0.39, 0.29) is 12.5 Å². The predicted octanol–water partition coefficient (Wildman–Crippen LogP) is 11.8. The fourth-order valence-corrected chi connectivity index (χ4v) is 7.97. The first-order valence-corrected chi connectivity index (χ1v) is 25.9. The van der Waals surface area contributed by atoms with Crippen LogP contribution in [0.25, 0.3) is 0 Å². The largest absolute Gasteiger partial charge is 0.394 e. The Morgan fingerprint density at radius 3 is 1.47 bits per heavy atom. The van der Waals surface area contributed by atoms with Crippen molar-refractivity contribution in [3.63, 3.8) is 0 Å². The van der Waals surface area contributed by atoms with Gasteiger partial charge in [-0.25, -0.2) is 0 Å². The van der Waals surface area contributed by atoms with E-state index >= 15 is 0 Å². The van der Waals surface area contributed by atoms with Crippen LogP contribution in [0.3, 0.4) is 0 Å². The summed E-state index contributed by atoms with van der Waals surface area (Å²) in [6.07, 6.45) is 48.7. The molecule has 0 spiro atoms. The van der Waals surface area contributed by atoms with Gasteiger partial charge in [0.2, 0.25) is 5.91 Å². The number of allylic oxidation sites excluding steroid dienone is 7. The van der Waals surface area contributed by atoms with Crippen molar-refractivity contribution in [2.24, 2.45) is 0 Å². The summed E-state index contributed by atoms with van der Waals surface area (Å²) >= 11 is 0. The number of ether oxygens (including phenoxy) is 2. The summed E-state index contributed by atoms with van der Waals surface area (Å²) in [5.41, 5.74) is 0. The van der Waals surface area contributed by atoms with Crippen LogP contribution in [0.4, 0.5) is 0 Å². The Hall–Kier alpha value is -1.85. The van der Waals surface area contributed by atoms with Crippen LogP contribution in [0, 0.1) is 0 Å². The molecule has 1 amide bonds. The molecule has 0 radical (unpaired) electrons. The number of carbonyl (C=O) groups excluding carboxylic acids is 1. The summed E-state index contributed by atoms with van der Waals surface area (Å²) in [5.74, 6) is -0.195. The molecule has 1 fully saturated rings. The van der Waals surface area contributed by atoms with Gasteiger partial charge in [-0.15, -0.1) is 0 Å². The molecule has 62 heavy (non-hydrogen) atoms. The minimum atomic E-state index is -1.57. The molecular formula is C53H97NO8. The molecule has 1 heterocycles. The summed E-state index contributed by atoms with van der Waals surface area (Å²) < 4.78 is 11.2. The molecule has 0 aromatic heterocycles. The lowest BCUT2D eigenvalue weighted by Crippen LogP contribution is -2.60. The van der Waals surface area contributed by atoms with E-state index in [9.17, 15) is 30.3 Å². The lowest BCUT2D eigenvalue weighted by molar-refractivity contribution is -0.302. The van der Waals surface area contributed by atoms with E-state index in [0.717, 1.165) is 57.8 Å². The fourth-order valence-electron chi connectivity index (χ4n) is 7.97. The predicted molar refractivity (Wildman–Crippen MR) is 258 cm³/mol. The third-order valence-electron chi connectivity index (χ3n) is 12.1. The van der Waals surface area contributed by atoms with Crippen LogP contribution in [0.5, 0.6) is 0 Å². The Bertz CT molecular complexity index is 1110. The van der Waals surface area contributed by atoms with Gasteiger partial charge in [-0.3, -0.25) is 4.79 Å². The molecule has 1 rings (SSSR count). The van der Waals surface area contributed by atoms with Crippen molar-refractivity contribution in [1.29, 1.82) is 0 Å². The van der Waals surface area contributed by atoms with E-state index in [1.807, 2.05) is 6.08 Å². The molecular weight excluding hydrogens is 779 g/mol. The second-order valence-corrected chi connectivity index (χ2v) is 18.0. The second-order valence-electron chi connectivity index (χ2n) is 18.0. The van der Waals surface area contributed by atoms with Gasteiger partial charge in [-0.1, -0.05) is 204 Å². The maximum atomic E-state index is 13.0. The van der Waals surface area contributed by atoms with E-state index in [2.05, 4.69) is 55.6 Å². The Balaban J connectivity index is 2.33. The van der Waals surface area contributed by atoms with E-state index in [0.29, 0.717) is 6.42 Å². The van der Waals surface area contributed by atoms with Gasteiger partial charge in [0.05, 0.1) is 25.4 Å². The zero-order chi connectivity index (χ0) is 45.1. The first kappa shape index (κ1) is 58.2. The SMILES string of the molecule is CCCCCC/C=C\C/C=C\CCCCCCCCCC(=O)NC(COC1OC(CO)C(O)C(O)C1O)C(O)/C=C/CC/C=C/CCCCCCCCCCCCCCCCC. The van der Waals surface area contributed by atoms with E-state index in [1.54, 1.807) is 6.08 Å². The number of carbonyl (C=O) groups is 1. The molecule has 7 unspecified atom stereocenters. The molecule has 0 saturated carbocycles. The molecule has 6 N–H and O–H groups in total. The van der Waals surface area contributed by atoms with Gasteiger partial charge < -0.3 is 40.3 Å². The lowest BCUT2D eigenvalue weighted by Gasteiger charge is -2.40. The van der Waals surface area contributed by atoms with Gasteiger partial charge in [-0.05, 0) is 64.2 Å². The minimum absolute atomic E-state index is 0.195. The topological polar surface area (TPSA) is 149 Å². The van der Waals surface area contributed by atoms with Gasteiger partial charge in [0.25, 0.3) is 0 Å². The zero-order valence-corrected chi connectivity index (χ0v) is 39.9. The molecule has 0 aromatic rings. The number of rotatable bonds is 43. The second kappa shape index (κ2) is 43.1. The van der Waals surface area contributed by atoms with Gasteiger partial charge in [0, 0.05) is 6.42 Å². The Morgan fingerprint density at radius 2 is 0.968 bits per heavy atom. The standard InChI is InChI=1S/C53H97NO8/c1-3-5-7-9-11-13-15-17-19-21-23-24-25-26-28-30-32-34-36-38-40-42-47(56)46(45-61-53-52(60)51(59)50(58)48(44-55)62-53)54-49(57)43-41-39-37-35-33-31-29-27-22-20-18-16-14-12-10-8-6-4-2/h14,16,20,22,32,34,40,42,46-48,50-53,55-56,58-60H,3-13,15,17-19,21,23-31,33,35-39,41,43-45H2,1-2H3,(H,54,57)/b16-14-,22-20-,34-32+,42-40+. The number of nitrogens with one attached hydrogen (secondary N) is 1. The van der Waals surface area contributed by atoms with Gasteiger partial charge in [0.15, 0.2) is 6.29 Å². The number of unbranched alkanes of at least 4 members (excludes halogenated alkanes) is 27. The number of amides is 1. The highest BCUT2D eigenvalue weighted by Gasteiger charge is 2.44. The molecule has 1 aliphatic rings. The average molecular weight is 876 g/mol. The molecule has 1 aliphatic heterocycles. The summed E-state index contributed by atoms with van der Waals surface area (Å²) in [6.45, 7) is 3.75. The number of hydrogen-bond donors (Lipinski definition) is 6. The van der Waals surface area contributed by atoms with Crippen LogP contribution in [0.1, 0.15) is 226 Å². The molecule has 9 heteroatoms. The van der Waals surface area contributed by atoms with Crippen molar-refractivity contribution < 1.29 is 39.8 Å². The van der Waals surface area contributed by atoms with E-state index in [4.69, 9.17) is 9.47 Å². The maximum absolute atomic E-state index is 13.0. The third kappa shape index (κ3) is 32.8. The molecule has 0 bridgehead atoms. The monoisotopic (exact) mass is 876 g/mol. The number of hydrogen-bond acceptors (Lipinski definition) is 8. The molecule has 1 saturated heterocycles. The molecule has 0 aliphatic carbocycles. The normalized spacial score (nSPS) is 20.7. The van der Waals surface area contributed by atoms with Crippen molar-refractivity contribution >= 4 is 5.91 Å². The quantitative estimate of drug-likeness (QED) is 0.0262. The van der Waals surface area contributed by atoms with Crippen LogP contribution < -0.4 is 5.32 Å². The van der Waals surface area contributed by atoms with Crippen molar-refractivity contribution in [2.45, 2.75) is 269 Å². The Labute approximate surface area is 380 Å². The van der Waals surface area contributed by atoms with Crippen LogP contribution >= 0.6 is 0 Å². The first-order chi connectivity index (χ1) is 30.3. The Kier molecular flexibility index (Phi) is 40.4. The van der Waals surface area contributed by atoms with Crippen molar-refractivity contribution in [3.05, 3.63) is 48.6 Å². The molecule has 7 atom stereocenters. The molecule has 9 nitrogen and oxygen atoms in total. The van der Waals surface area contributed by atoms with Crippen LogP contribution in [0.2, 0.25) is 0 Å². The van der Waals surface area contributed by atoms with E-state index in [1.165, 1.54) is 148 Å². The summed E-state index contributed by atoms with van der Waals surface area (Å²) in [7, 11) is 0. The van der Waals surface area contributed by atoms with Crippen molar-refractivity contribution in [3.8, 4) is 0 Å². The zero-order valence-electron chi connectivity index (χ0n) is 39.9. The highest BCUT2D eigenvalue weighted by Crippen LogP contribution is 2.23. The summed E-state index contributed by atoms with van der Waals surface area (Å²) in [6, 6.07) is -0.826. The number of aliphatic hydroxyl groups excluding tert-OH is 5. The van der Waals surface area contributed by atoms with Crippen LogP contribution in [-0.2, 0) is 14.3 Å². The minimum Gasteiger partial charge on any atom is -0.394 e. The Morgan fingerprint density at radius 1 is 0.548 bits per heavy atom. The fraction of sp³-hybridized carbons (Fsp3) is 0.830. The van der Waals surface area contributed by atoms with Crippen molar-refractivity contribution in [2.75, 3.05) is 13.2 Å². The van der Waals surface area contributed by atoms with Crippen molar-refractivity contribution in [1.82, 2.24) is 5.32 Å². The van der Waals surface area contributed by atoms with Crippen LogP contribution in [0.15, 0.2) is 48.6 Å². The summed E-state index contributed by atoms with van der Waals surface area (Å²) in [5, 5.41) is 54.3. The average Bonchev–Trinajstić information content (AvgIpc) is 3.27. The smallest absolute Gasteiger partial charge is 0.220 e. The van der Waals surface area contributed by atoms with Gasteiger partial charge in [-0.2, -0.15) is 0 Å². The van der Waals surface area contributed by atoms with Crippen LogP contribution in [-0.4, -0.2) is 87.5 Å². The lowest BCUT2D eigenvalue weighted by atomic mass is 9.99. The van der Waals surface area contributed by atoms with Gasteiger partial charge >= 0.3 is 0 Å². The number of aliphatic hydroxyl groups is 5. The third-order valence-corrected chi connectivity index (χ3v) is 12.1. The molecule has 0 aromatic carbocycles. The van der Waals surface area contributed by atoms with Gasteiger partial charge in [0.1, 0.15) is 24.4 Å². The summed E-state index contributed by atoms with van der Waals surface area (Å²) in [4.78, 5) is 13.0. The molecule has 362 valence electrons. The highest BCUT2D eigenvalue weighted by molar-refractivity contribution is 5.76. The maximum Gasteiger partial charge on any atom is 0.220 e. The highest BCUT2D eigenvalue weighted by atomic mass is 16.7.